The summed E-state index contributed by atoms with van der Waals surface area (Å²) in [4.78, 5) is 0. The molecular weight excluding hydrogens is 298 g/mol. The van der Waals surface area contributed by atoms with Gasteiger partial charge in [0.2, 0.25) is 0 Å². The SMILES string of the molecule is N#Cc1ccc2c(c1)COC2(CCn1cccn1)c1ccccc1. The Morgan fingerprint density at radius 1 is 1.17 bits per heavy atom. The smallest absolute Gasteiger partial charge is 0.121 e. The quantitative estimate of drug-likeness (QED) is 0.739. The molecule has 1 aliphatic heterocycles. The van der Waals surface area contributed by atoms with Crippen LogP contribution in [0.5, 0.6) is 0 Å². The van der Waals surface area contributed by atoms with Crippen LogP contribution in [0.15, 0.2) is 67.0 Å². The molecule has 1 aromatic heterocycles. The first-order chi connectivity index (χ1) is 11.8. The van der Waals surface area contributed by atoms with E-state index >= 15 is 0 Å². The lowest BCUT2D eigenvalue weighted by Gasteiger charge is -2.30. The number of nitrogens with zero attached hydrogens (tertiary/aromatic N) is 3. The Morgan fingerprint density at radius 2 is 2.04 bits per heavy atom. The first-order valence-electron chi connectivity index (χ1n) is 8.02. The maximum Gasteiger partial charge on any atom is 0.121 e. The normalized spacial score (nSPS) is 19.0. The van der Waals surface area contributed by atoms with E-state index in [9.17, 15) is 0 Å². The average Bonchev–Trinajstić information content (AvgIpc) is 3.29. The Hall–Kier alpha value is -2.90. The van der Waals surface area contributed by atoms with Crippen LogP contribution in [-0.2, 0) is 23.5 Å². The van der Waals surface area contributed by atoms with Gasteiger partial charge in [-0.2, -0.15) is 10.4 Å². The fraction of sp³-hybridized carbons (Fsp3) is 0.200. The molecule has 4 rings (SSSR count). The number of hydrogen-bond donors (Lipinski definition) is 0. The van der Waals surface area contributed by atoms with Gasteiger partial charge in [0.25, 0.3) is 0 Å². The highest BCUT2D eigenvalue weighted by atomic mass is 16.5. The lowest BCUT2D eigenvalue weighted by atomic mass is 9.82. The third-order valence-electron chi connectivity index (χ3n) is 4.64. The van der Waals surface area contributed by atoms with Crippen molar-refractivity contribution in [1.82, 2.24) is 9.78 Å². The van der Waals surface area contributed by atoms with Crippen molar-refractivity contribution >= 4 is 0 Å². The molecule has 0 radical (unpaired) electrons. The van der Waals surface area contributed by atoms with Crippen LogP contribution in [0.25, 0.3) is 0 Å². The molecule has 0 fully saturated rings. The number of hydrogen-bond acceptors (Lipinski definition) is 3. The van der Waals surface area contributed by atoms with Crippen molar-refractivity contribution in [3.05, 3.63) is 89.2 Å². The Balaban J connectivity index is 1.78. The zero-order chi connectivity index (χ0) is 16.4. The summed E-state index contributed by atoms with van der Waals surface area (Å²) < 4.78 is 8.27. The molecule has 24 heavy (non-hydrogen) atoms. The van der Waals surface area contributed by atoms with E-state index in [4.69, 9.17) is 10.00 Å². The largest absolute Gasteiger partial charge is 0.361 e. The summed E-state index contributed by atoms with van der Waals surface area (Å²) in [5, 5.41) is 13.4. The van der Waals surface area contributed by atoms with E-state index in [-0.39, 0.29) is 0 Å². The summed E-state index contributed by atoms with van der Waals surface area (Å²) in [5.74, 6) is 0. The number of rotatable bonds is 4. The number of fused-ring (bicyclic) bond motifs is 1. The Morgan fingerprint density at radius 3 is 2.79 bits per heavy atom. The zero-order valence-electron chi connectivity index (χ0n) is 13.2. The molecule has 3 aromatic rings. The minimum Gasteiger partial charge on any atom is -0.361 e. The molecule has 0 N–H and O–H groups in total. The highest BCUT2D eigenvalue weighted by molar-refractivity contribution is 5.47. The topological polar surface area (TPSA) is 50.8 Å². The number of ether oxygens (including phenoxy) is 1. The van der Waals surface area contributed by atoms with Crippen LogP contribution < -0.4 is 0 Å². The molecule has 118 valence electrons. The highest BCUT2D eigenvalue weighted by Crippen LogP contribution is 2.45. The third-order valence-corrected chi connectivity index (χ3v) is 4.64. The van der Waals surface area contributed by atoms with Gasteiger partial charge in [0.15, 0.2) is 0 Å². The number of nitriles is 1. The van der Waals surface area contributed by atoms with Crippen molar-refractivity contribution in [1.29, 1.82) is 5.26 Å². The van der Waals surface area contributed by atoms with Gasteiger partial charge in [0.1, 0.15) is 5.60 Å². The fourth-order valence-corrected chi connectivity index (χ4v) is 3.46. The van der Waals surface area contributed by atoms with Gasteiger partial charge in [-0.25, -0.2) is 0 Å². The van der Waals surface area contributed by atoms with Crippen LogP contribution in [0.3, 0.4) is 0 Å². The molecule has 1 aliphatic rings. The van der Waals surface area contributed by atoms with Crippen LogP contribution in [0.2, 0.25) is 0 Å². The van der Waals surface area contributed by atoms with E-state index in [2.05, 4.69) is 23.3 Å². The van der Waals surface area contributed by atoms with E-state index in [0.717, 1.165) is 29.7 Å². The lowest BCUT2D eigenvalue weighted by molar-refractivity contribution is -0.0151. The van der Waals surface area contributed by atoms with E-state index in [0.29, 0.717) is 12.2 Å². The predicted octanol–water partition coefficient (Wildman–Crippen LogP) is 3.62. The Kier molecular flexibility index (Phi) is 3.64. The summed E-state index contributed by atoms with van der Waals surface area (Å²) in [6, 6.07) is 20.3. The molecule has 0 saturated carbocycles. The number of benzene rings is 2. The third kappa shape index (κ3) is 2.40. The van der Waals surface area contributed by atoms with Crippen molar-refractivity contribution in [3.8, 4) is 6.07 Å². The summed E-state index contributed by atoms with van der Waals surface area (Å²) >= 11 is 0. The molecule has 0 aliphatic carbocycles. The second-order valence-electron chi connectivity index (χ2n) is 5.98. The van der Waals surface area contributed by atoms with Crippen LogP contribution in [0.4, 0.5) is 0 Å². The van der Waals surface area contributed by atoms with Crippen molar-refractivity contribution in [3.63, 3.8) is 0 Å². The molecule has 4 nitrogen and oxygen atoms in total. The highest BCUT2D eigenvalue weighted by Gasteiger charge is 2.41. The molecular formula is C20H17N3O. The minimum absolute atomic E-state index is 0.490. The lowest BCUT2D eigenvalue weighted by Crippen LogP contribution is -2.29. The molecule has 0 bridgehead atoms. The molecule has 2 aromatic carbocycles. The standard InChI is InChI=1S/C20H17N3O/c21-14-16-7-8-19-17(13-16)15-24-20(19,18-5-2-1-3-6-18)9-12-23-11-4-10-22-23/h1-8,10-11,13H,9,12,15H2. The van der Waals surface area contributed by atoms with Crippen LogP contribution in [0.1, 0.15) is 28.7 Å². The zero-order valence-corrected chi connectivity index (χ0v) is 13.2. The molecule has 4 heteroatoms. The van der Waals surface area contributed by atoms with E-state index in [1.165, 1.54) is 0 Å². The van der Waals surface area contributed by atoms with E-state index in [1.54, 1.807) is 6.20 Å². The average molecular weight is 315 g/mol. The predicted molar refractivity (Wildman–Crippen MR) is 90.0 cm³/mol. The van der Waals surface area contributed by atoms with Crippen molar-refractivity contribution < 1.29 is 4.74 Å². The Bertz CT molecular complexity index is 881. The van der Waals surface area contributed by atoms with Gasteiger partial charge in [0, 0.05) is 25.4 Å². The van der Waals surface area contributed by atoms with E-state index < -0.39 is 5.60 Å². The molecule has 1 atom stereocenters. The first-order valence-corrected chi connectivity index (χ1v) is 8.02. The number of aromatic nitrogens is 2. The summed E-state index contributed by atoms with van der Waals surface area (Å²) in [6.07, 6.45) is 4.54. The summed E-state index contributed by atoms with van der Waals surface area (Å²) in [6.45, 7) is 1.29. The molecule has 1 unspecified atom stereocenters. The summed E-state index contributed by atoms with van der Waals surface area (Å²) in [7, 11) is 0. The van der Waals surface area contributed by atoms with Crippen molar-refractivity contribution in [2.45, 2.75) is 25.2 Å². The first kappa shape index (κ1) is 14.7. The monoisotopic (exact) mass is 315 g/mol. The van der Waals surface area contributed by atoms with Gasteiger partial charge in [-0.1, -0.05) is 36.4 Å². The van der Waals surface area contributed by atoms with Crippen molar-refractivity contribution in [2.24, 2.45) is 0 Å². The van der Waals surface area contributed by atoms with Crippen LogP contribution >= 0.6 is 0 Å². The molecule has 0 amide bonds. The fourth-order valence-electron chi connectivity index (χ4n) is 3.46. The molecule has 2 heterocycles. The van der Waals surface area contributed by atoms with Gasteiger partial charge in [0.05, 0.1) is 18.2 Å². The van der Waals surface area contributed by atoms with Crippen LogP contribution in [-0.4, -0.2) is 9.78 Å². The maximum absolute atomic E-state index is 9.14. The van der Waals surface area contributed by atoms with Crippen LogP contribution in [0, 0.1) is 11.3 Å². The number of aryl methyl sites for hydroxylation is 1. The van der Waals surface area contributed by atoms with Gasteiger partial charge in [-0.3, -0.25) is 4.68 Å². The van der Waals surface area contributed by atoms with Gasteiger partial charge >= 0.3 is 0 Å². The van der Waals surface area contributed by atoms with Crippen molar-refractivity contribution in [2.75, 3.05) is 0 Å². The Labute approximate surface area is 140 Å². The minimum atomic E-state index is -0.490. The molecule has 0 saturated heterocycles. The molecule has 0 spiro atoms. The maximum atomic E-state index is 9.14. The second kappa shape index (κ2) is 5.95. The second-order valence-corrected chi connectivity index (χ2v) is 5.98. The summed E-state index contributed by atoms with van der Waals surface area (Å²) in [5.41, 5.74) is 3.57. The van der Waals surface area contributed by atoms with Gasteiger partial charge in [-0.05, 0) is 34.9 Å². The van der Waals surface area contributed by atoms with E-state index in [1.807, 2.05) is 53.3 Å². The van der Waals surface area contributed by atoms with Gasteiger partial charge < -0.3 is 4.74 Å². The van der Waals surface area contributed by atoms with Gasteiger partial charge in [-0.15, -0.1) is 0 Å².